The summed E-state index contributed by atoms with van der Waals surface area (Å²) in [6, 6.07) is 21.0. The van der Waals surface area contributed by atoms with E-state index < -0.39 is 22.0 Å². The predicted octanol–water partition coefficient (Wildman–Crippen LogP) is 3.40. The van der Waals surface area contributed by atoms with Gasteiger partial charge in [0.25, 0.3) is 0 Å². The molecule has 0 aromatic heterocycles. The molecule has 3 rings (SSSR count). The molecule has 1 N–H and O–H groups in total. The zero-order valence-electron chi connectivity index (χ0n) is 19.8. The number of carbonyl (C=O) groups is 2. The van der Waals surface area contributed by atoms with Gasteiger partial charge >= 0.3 is 0 Å². The largest absolute Gasteiger partial charge is 0.355 e. The van der Waals surface area contributed by atoms with E-state index >= 15 is 0 Å². The molecule has 0 aliphatic heterocycles. The molecule has 0 bridgehead atoms. The van der Waals surface area contributed by atoms with Crippen molar-refractivity contribution in [3.05, 3.63) is 78.4 Å². The lowest BCUT2D eigenvalue weighted by Crippen LogP contribution is -2.51. The van der Waals surface area contributed by atoms with Gasteiger partial charge in [-0.25, -0.2) is 8.42 Å². The van der Waals surface area contributed by atoms with Crippen LogP contribution in [0, 0.1) is 0 Å². The van der Waals surface area contributed by atoms with Gasteiger partial charge in [0.05, 0.1) is 11.4 Å². The van der Waals surface area contributed by atoms with Crippen molar-refractivity contribution in [3.8, 4) is 0 Å². The van der Waals surface area contributed by atoms with Crippen LogP contribution in [0.15, 0.2) is 77.7 Å². The summed E-state index contributed by atoms with van der Waals surface area (Å²) in [5.41, 5.74) is 0.860. The molecule has 0 spiro atoms. The fourth-order valence-electron chi connectivity index (χ4n) is 3.87. The van der Waals surface area contributed by atoms with Crippen molar-refractivity contribution < 1.29 is 18.0 Å². The predicted molar refractivity (Wildman–Crippen MR) is 134 cm³/mol. The van der Waals surface area contributed by atoms with Crippen molar-refractivity contribution in [1.82, 2.24) is 14.5 Å². The van der Waals surface area contributed by atoms with E-state index in [0.29, 0.717) is 13.0 Å². The molecule has 0 fully saturated rings. The fourth-order valence-corrected chi connectivity index (χ4v) is 5.02. The smallest absolute Gasteiger partial charge is 0.243 e. The van der Waals surface area contributed by atoms with E-state index in [1.54, 1.807) is 18.2 Å². The van der Waals surface area contributed by atoms with E-state index in [-0.39, 0.29) is 23.9 Å². The van der Waals surface area contributed by atoms with Gasteiger partial charge in [0, 0.05) is 20.1 Å². The molecule has 3 aromatic rings. The van der Waals surface area contributed by atoms with Crippen molar-refractivity contribution in [2.45, 2.75) is 37.8 Å². The van der Waals surface area contributed by atoms with Crippen LogP contribution in [0.3, 0.4) is 0 Å². The number of likely N-dealkylation sites (N-methyl/N-ethyl adjacent to an activating group) is 2. The van der Waals surface area contributed by atoms with Gasteiger partial charge in [0.2, 0.25) is 21.8 Å². The number of sulfonamides is 1. The standard InChI is InChI=1S/C26H31N3O4S/c1-4-24(26(31)27-5-2)29(18-20-11-7-6-8-12-20)25(30)19-28(3)34(32,33)23-16-15-21-13-9-10-14-22(21)17-23/h6-17,24H,4-5,18-19H2,1-3H3,(H,27,31). The van der Waals surface area contributed by atoms with Crippen LogP contribution in [0.1, 0.15) is 25.8 Å². The molecule has 0 aliphatic carbocycles. The highest BCUT2D eigenvalue weighted by Crippen LogP contribution is 2.22. The van der Waals surface area contributed by atoms with E-state index in [1.165, 1.54) is 11.9 Å². The zero-order valence-corrected chi connectivity index (χ0v) is 20.6. The number of nitrogens with zero attached hydrogens (tertiary/aromatic N) is 2. The first-order valence-electron chi connectivity index (χ1n) is 11.3. The Labute approximate surface area is 201 Å². The molecule has 34 heavy (non-hydrogen) atoms. The summed E-state index contributed by atoms with van der Waals surface area (Å²) in [6.45, 7) is 3.93. The van der Waals surface area contributed by atoms with Crippen molar-refractivity contribution >= 4 is 32.6 Å². The van der Waals surface area contributed by atoms with Gasteiger partial charge < -0.3 is 10.2 Å². The first kappa shape index (κ1) is 25.4. The van der Waals surface area contributed by atoms with Crippen LogP contribution in [0.5, 0.6) is 0 Å². The summed E-state index contributed by atoms with van der Waals surface area (Å²) >= 11 is 0. The highest BCUT2D eigenvalue weighted by atomic mass is 32.2. The van der Waals surface area contributed by atoms with Gasteiger partial charge in [0.15, 0.2) is 0 Å². The number of amides is 2. The third kappa shape index (κ3) is 5.81. The number of nitrogens with one attached hydrogen (secondary N) is 1. The fraction of sp³-hybridized carbons (Fsp3) is 0.308. The Hall–Kier alpha value is -3.23. The molecule has 1 unspecified atom stereocenters. The molecule has 8 heteroatoms. The molecule has 0 aliphatic rings. The summed E-state index contributed by atoms with van der Waals surface area (Å²) in [5.74, 6) is -0.692. The van der Waals surface area contributed by atoms with E-state index in [2.05, 4.69) is 5.32 Å². The minimum Gasteiger partial charge on any atom is -0.355 e. The molecule has 180 valence electrons. The first-order chi connectivity index (χ1) is 16.3. The molecule has 3 aromatic carbocycles. The van der Waals surface area contributed by atoms with E-state index in [0.717, 1.165) is 20.6 Å². The number of carbonyl (C=O) groups excluding carboxylic acids is 2. The molecule has 0 heterocycles. The maximum Gasteiger partial charge on any atom is 0.243 e. The van der Waals surface area contributed by atoms with Crippen molar-refractivity contribution in [3.63, 3.8) is 0 Å². The average molecular weight is 482 g/mol. The van der Waals surface area contributed by atoms with Crippen LogP contribution in [0.25, 0.3) is 10.8 Å². The second kappa shape index (κ2) is 11.3. The third-order valence-corrected chi connectivity index (χ3v) is 7.52. The van der Waals surface area contributed by atoms with Gasteiger partial charge in [-0.1, -0.05) is 67.6 Å². The van der Waals surface area contributed by atoms with Crippen LogP contribution >= 0.6 is 0 Å². The zero-order chi connectivity index (χ0) is 24.7. The molecular formula is C26H31N3O4S. The number of fused-ring (bicyclic) bond motifs is 1. The lowest BCUT2D eigenvalue weighted by Gasteiger charge is -2.31. The summed E-state index contributed by atoms with van der Waals surface area (Å²) in [4.78, 5) is 27.7. The number of rotatable bonds is 10. The van der Waals surface area contributed by atoms with Crippen LogP contribution in [-0.2, 0) is 26.2 Å². The van der Waals surface area contributed by atoms with Crippen LogP contribution in [0.4, 0.5) is 0 Å². The normalized spacial score (nSPS) is 12.5. The molecule has 2 amide bonds. The molecule has 0 radical (unpaired) electrons. The summed E-state index contributed by atoms with van der Waals surface area (Å²) in [5, 5.41) is 4.51. The second-order valence-electron chi connectivity index (χ2n) is 8.10. The maximum absolute atomic E-state index is 13.4. The highest BCUT2D eigenvalue weighted by Gasteiger charge is 2.31. The van der Waals surface area contributed by atoms with Gasteiger partial charge in [-0.05, 0) is 41.8 Å². The quantitative estimate of drug-likeness (QED) is 0.481. The van der Waals surface area contributed by atoms with Gasteiger partial charge in [-0.3, -0.25) is 9.59 Å². The molecule has 7 nitrogen and oxygen atoms in total. The molecule has 1 atom stereocenters. The SMILES string of the molecule is CCNC(=O)C(CC)N(Cc1ccccc1)C(=O)CN(C)S(=O)(=O)c1ccc2ccccc2c1. The minimum atomic E-state index is -3.91. The van der Waals surface area contributed by atoms with Crippen molar-refractivity contribution in [2.24, 2.45) is 0 Å². The maximum atomic E-state index is 13.4. The summed E-state index contributed by atoms with van der Waals surface area (Å²) < 4.78 is 27.5. The van der Waals surface area contributed by atoms with E-state index in [1.807, 2.05) is 68.4 Å². The van der Waals surface area contributed by atoms with Crippen LogP contribution in [-0.4, -0.2) is 55.6 Å². The van der Waals surface area contributed by atoms with E-state index in [4.69, 9.17) is 0 Å². The van der Waals surface area contributed by atoms with Crippen LogP contribution < -0.4 is 5.32 Å². The molecule has 0 saturated heterocycles. The molecule has 0 saturated carbocycles. The molecular weight excluding hydrogens is 450 g/mol. The second-order valence-corrected chi connectivity index (χ2v) is 10.1. The topological polar surface area (TPSA) is 86.8 Å². The first-order valence-corrected chi connectivity index (χ1v) is 12.8. The Morgan fingerprint density at radius 1 is 0.912 bits per heavy atom. The average Bonchev–Trinajstić information content (AvgIpc) is 2.84. The van der Waals surface area contributed by atoms with E-state index in [9.17, 15) is 18.0 Å². The Kier molecular flexibility index (Phi) is 8.41. The third-order valence-electron chi connectivity index (χ3n) is 5.72. The van der Waals surface area contributed by atoms with Gasteiger partial charge in [-0.15, -0.1) is 0 Å². The number of hydrogen-bond acceptors (Lipinski definition) is 4. The Balaban J connectivity index is 1.86. The Morgan fingerprint density at radius 3 is 2.21 bits per heavy atom. The lowest BCUT2D eigenvalue weighted by atomic mass is 10.1. The minimum absolute atomic E-state index is 0.117. The van der Waals surface area contributed by atoms with Gasteiger partial charge in [0.1, 0.15) is 6.04 Å². The number of hydrogen-bond donors (Lipinski definition) is 1. The highest BCUT2D eigenvalue weighted by molar-refractivity contribution is 7.89. The Bertz CT molecular complexity index is 1250. The monoisotopic (exact) mass is 481 g/mol. The van der Waals surface area contributed by atoms with Gasteiger partial charge in [-0.2, -0.15) is 4.31 Å². The summed E-state index contributed by atoms with van der Waals surface area (Å²) in [7, 11) is -2.52. The number of benzene rings is 3. The van der Waals surface area contributed by atoms with Crippen molar-refractivity contribution in [1.29, 1.82) is 0 Å². The van der Waals surface area contributed by atoms with Crippen molar-refractivity contribution in [2.75, 3.05) is 20.1 Å². The van der Waals surface area contributed by atoms with Crippen LogP contribution in [0.2, 0.25) is 0 Å². The Morgan fingerprint density at radius 2 is 1.56 bits per heavy atom. The summed E-state index contributed by atoms with van der Waals surface area (Å²) in [6.07, 6.45) is 0.408. The lowest BCUT2D eigenvalue weighted by molar-refractivity contribution is -0.141.